The smallest absolute Gasteiger partial charge is 0.341 e. The van der Waals surface area contributed by atoms with Crippen LogP contribution in [0.5, 0.6) is 5.75 Å². The van der Waals surface area contributed by atoms with Crippen molar-refractivity contribution in [2.24, 2.45) is 0 Å². The number of aliphatic carboxylic acids is 1. The van der Waals surface area contributed by atoms with Crippen molar-refractivity contribution in [3.05, 3.63) is 29.8 Å². The van der Waals surface area contributed by atoms with Gasteiger partial charge in [-0.25, -0.2) is 13.2 Å². The number of hydrogen-bond donors (Lipinski definition) is 1. The number of benzene rings is 1. The Morgan fingerprint density at radius 3 is 2.54 bits per heavy atom. The molecule has 1 aromatic carbocycles. The van der Waals surface area contributed by atoms with Gasteiger partial charge in [-0.05, 0) is 37.5 Å². The number of carboxylic acid groups (broad SMARTS) is 1. The van der Waals surface area contributed by atoms with E-state index in [1.54, 1.807) is 23.1 Å². The van der Waals surface area contributed by atoms with E-state index in [1.165, 1.54) is 6.07 Å². The molecule has 3 rings (SSSR count). The van der Waals surface area contributed by atoms with Gasteiger partial charge in [-0.2, -0.15) is 0 Å². The summed E-state index contributed by atoms with van der Waals surface area (Å²) in [5.74, 6) is -0.874. The van der Waals surface area contributed by atoms with Crippen molar-refractivity contribution in [2.45, 2.75) is 31.3 Å². The molecule has 0 spiro atoms. The number of ether oxygens (including phenoxy) is 1. The average molecular weight is 353 g/mol. The predicted octanol–water partition coefficient (Wildman–Crippen LogP) is 0.942. The molecule has 1 saturated heterocycles. The number of nitrogens with zero attached hydrogens (tertiary/aromatic N) is 1. The summed E-state index contributed by atoms with van der Waals surface area (Å²) in [4.78, 5) is 25.1. The fourth-order valence-electron chi connectivity index (χ4n) is 2.99. The van der Waals surface area contributed by atoms with E-state index in [4.69, 9.17) is 9.84 Å². The SMILES string of the molecule is O=C(O)COc1cccc(C(=O)N(C2CC2)C2CCS(=O)(=O)C2)c1. The molecule has 1 amide bonds. The van der Waals surface area contributed by atoms with Crippen LogP contribution in [0.15, 0.2) is 24.3 Å². The molecule has 1 unspecified atom stereocenters. The quantitative estimate of drug-likeness (QED) is 0.817. The van der Waals surface area contributed by atoms with Crippen LogP contribution in [-0.4, -0.2) is 60.5 Å². The monoisotopic (exact) mass is 353 g/mol. The minimum absolute atomic E-state index is 0.0183. The van der Waals surface area contributed by atoms with Crippen molar-refractivity contribution < 1.29 is 27.9 Å². The second-order valence-corrected chi connectivity index (χ2v) is 8.44. The molecule has 130 valence electrons. The lowest BCUT2D eigenvalue weighted by Crippen LogP contribution is -2.42. The Balaban J connectivity index is 1.78. The largest absolute Gasteiger partial charge is 0.482 e. The molecule has 24 heavy (non-hydrogen) atoms. The maximum atomic E-state index is 12.9. The molecule has 8 heteroatoms. The molecule has 1 aliphatic carbocycles. The van der Waals surface area contributed by atoms with Gasteiger partial charge in [-0.15, -0.1) is 0 Å². The Morgan fingerprint density at radius 1 is 1.21 bits per heavy atom. The molecule has 0 aromatic heterocycles. The van der Waals surface area contributed by atoms with Crippen LogP contribution in [-0.2, 0) is 14.6 Å². The standard InChI is InChI=1S/C16H19NO6S/c18-15(19)9-23-14-3-1-2-11(8-14)16(20)17(12-4-5-12)13-6-7-24(21,22)10-13/h1-3,8,12-13H,4-7,9-10H2,(H,18,19). The highest BCUT2D eigenvalue weighted by atomic mass is 32.2. The van der Waals surface area contributed by atoms with E-state index < -0.39 is 22.4 Å². The van der Waals surface area contributed by atoms with Crippen LogP contribution < -0.4 is 4.74 Å². The van der Waals surface area contributed by atoms with Gasteiger partial charge < -0.3 is 14.7 Å². The molecule has 1 aromatic rings. The van der Waals surface area contributed by atoms with Crippen molar-refractivity contribution in [1.82, 2.24) is 4.90 Å². The van der Waals surface area contributed by atoms with Crippen molar-refractivity contribution in [3.8, 4) is 5.75 Å². The third-order valence-corrected chi connectivity index (χ3v) is 5.97. The lowest BCUT2D eigenvalue weighted by molar-refractivity contribution is -0.139. The first kappa shape index (κ1) is 16.8. The van der Waals surface area contributed by atoms with Crippen molar-refractivity contribution in [1.29, 1.82) is 0 Å². The van der Waals surface area contributed by atoms with Gasteiger partial charge >= 0.3 is 5.97 Å². The predicted molar refractivity (Wildman–Crippen MR) is 85.8 cm³/mol. The summed E-state index contributed by atoms with van der Waals surface area (Å²) in [6, 6.07) is 6.17. The minimum atomic E-state index is -3.07. The van der Waals surface area contributed by atoms with E-state index in [9.17, 15) is 18.0 Å². The molecule has 1 aliphatic heterocycles. The van der Waals surface area contributed by atoms with E-state index in [-0.39, 0.29) is 29.5 Å². The van der Waals surface area contributed by atoms with Gasteiger partial charge in [0.05, 0.1) is 11.5 Å². The normalized spacial score (nSPS) is 22.1. The molecule has 0 radical (unpaired) electrons. The first-order chi connectivity index (χ1) is 11.4. The second kappa shape index (κ2) is 6.43. The molecular formula is C16H19NO6S. The fourth-order valence-corrected chi connectivity index (χ4v) is 4.70. The average Bonchev–Trinajstić information content (AvgIpc) is 3.29. The number of carbonyl (C=O) groups is 2. The number of carboxylic acids is 1. The van der Waals surface area contributed by atoms with Gasteiger partial charge in [0.2, 0.25) is 0 Å². The lowest BCUT2D eigenvalue weighted by atomic mass is 10.1. The molecule has 1 saturated carbocycles. The third-order valence-electron chi connectivity index (χ3n) is 4.22. The van der Waals surface area contributed by atoms with Crippen LogP contribution in [0.1, 0.15) is 29.6 Å². The maximum absolute atomic E-state index is 12.9. The Hall–Kier alpha value is -2.09. The van der Waals surface area contributed by atoms with Gasteiger partial charge in [0.1, 0.15) is 5.75 Å². The Kier molecular flexibility index (Phi) is 4.49. The number of amides is 1. The topological polar surface area (TPSA) is 101 Å². The van der Waals surface area contributed by atoms with E-state index in [0.717, 1.165) is 12.8 Å². The van der Waals surface area contributed by atoms with E-state index >= 15 is 0 Å². The summed E-state index contributed by atoms with van der Waals surface area (Å²) in [5, 5.41) is 8.66. The third kappa shape index (κ3) is 3.87. The molecule has 2 fully saturated rings. The second-order valence-electron chi connectivity index (χ2n) is 6.21. The summed E-state index contributed by atoms with van der Waals surface area (Å²) in [6.07, 6.45) is 2.24. The van der Waals surface area contributed by atoms with Crippen LogP contribution in [0.2, 0.25) is 0 Å². The van der Waals surface area contributed by atoms with Gasteiger partial charge in [0.15, 0.2) is 16.4 Å². The molecule has 1 atom stereocenters. The molecule has 7 nitrogen and oxygen atoms in total. The van der Waals surface area contributed by atoms with Crippen molar-refractivity contribution >= 4 is 21.7 Å². The minimum Gasteiger partial charge on any atom is -0.482 e. The van der Waals surface area contributed by atoms with E-state index in [1.807, 2.05) is 0 Å². The zero-order chi connectivity index (χ0) is 17.3. The molecule has 1 heterocycles. The lowest BCUT2D eigenvalue weighted by Gasteiger charge is -2.28. The van der Waals surface area contributed by atoms with E-state index in [2.05, 4.69) is 0 Å². The van der Waals surface area contributed by atoms with Crippen LogP contribution in [0.3, 0.4) is 0 Å². The van der Waals surface area contributed by atoms with Gasteiger partial charge in [0, 0.05) is 17.6 Å². The van der Waals surface area contributed by atoms with Crippen LogP contribution in [0, 0.1) is 0 Å². The Bertz CT molecular complexity index is 756. The number of sulfone groups is 1. The first-order valence-corrected chi connectivity index (χ1v) is 9.65. The molecule has 2 aliphatic rings. The van der Waals surface area contributed by atoms with Crippen LogP contribution >= 0.6 is 0 Å². The van der Waals surface area contributed by atoms with Crippen LogP contribution in [0.4, 0.5) is 0 Å². The summed E-state index contributed by atoms with van der Waals surface area (Å²) < 4.78 is 28.6. The summed E-state index contributed by atoms with van der Waals surface area (Å²) in [7, 11) is -3.07. The highest BCUT2D eigenvalue weighted by Crippen LogP contribution is 2.33. The zero-order valence-corrected chi connectivity index (χ0v) is 13.9. The van der Waals surface area contributed by atoms with E-state index in [0.29, 0.717) is 17.7 Å². The summed E-state index contributed by atoms with van der Waals surface area (Å²) >= 11 is 0. The molecular weight excluding hydrogens is 334 g/mol. The van der Waals surface area contributed by atoms with Crippen molar-refractivity contribution in [3.63, 3.8) is 0 Å². The number of rotatable bonds is 6. The zero-order valence-electron chi connectivity index (χ0n) is 13.1. The first-order valence-electron chi connectivity index (χ1n) is 7.83. The number of hydrogen-bond acceptors (Lipinski definition) is 5. The fraction of sp³-hybridized carbons (Fsp3) is 0.500. The summed E-state index contributed by atoms with van der Waals surface area (Å²) in [5.41, 5.74) is 0.383. The maximum Gasteiger partial charge on any atom is 0.341 e. The highest BCUT2D eigenvalue weighted by molar-refractivity contribution is 7.91. The summed E-state index contributed by atoms with van der Waals surface area (Å²) in [6.45, 7) is -0.481. The molecule has 1 N–H and O–H groups in total. The molecule has 0 bridgehead atoms. The number of carbonyl (C=O) groups excluding carboxylic acids is 1. The van der Waals surface area contributed by atoms with Gasteiger partial charge in [0.25, 0.3) is 5.91 Å². The van der Waals surface area contributed by atoms with Gasteiger partial charge in [-0.3, -0.25) is 4.79 Å². The van der Waals surface area contributed by atoms with Crippen LogP contribution in [0.25, 0.3) is 0 Å². The van der Waals surface area contributed by atoms with Gasteiger partial charge in [-0.1, -0.05) is 6.07 Å². The highest BCUT2D eigenvalue weighted by Gasteiger charge is 2.42. The van der Waals surface area contributed by atoms with Crippen molar-refractivity contribution in [2.75, 3.05) is 18.1 Å². The Labute approximate surface area is 140 Å². The Morgan fingerprint density at radius 2 is 1.96 bits per heavy atom.